The lowest BCUT2D eigenvalue weighted by molar-refractivity contribution is -0.144. The van der Waals surface area contributed by atoms with Gasteiger partial charge in [0.05, 0.1) is 12.1 Å². The van der Waals surface area contributed by atoms with Crippen molar-refractivity contribution in [2.75, 3.05) is 20.1 Å². The van der Waals surface area contributed by atoms with Crippen molar-refractivity contribution in [1.29, 1.82) is 0 Å². The maximum Gasteiger partial charge on any atom is 0.419 e. The van der Waals surface area contributed by atoms with Gasteiger partial charge in [0.25, 0.3) is 5.91 Å². The molecule has 1 aromatic carbocycles. The fourth-order valence-electron chi connectivity index (χ4n) is 1.90. The molecule has 0 aliphatic rings. The third-order valence-corrected chi connectivity index (χ3v) is 3.15. The van der Waals surface area contributed by atoms with E-state index in [9.17, 15) is 22.8 Å². The second-order valence-electron chi connectivity index (χ2n) is 4.78. The predicted molar refractivity (Wildman–Crippen MR) is 77.9 cm³/mol. The Balaban J connectivity index is 2.89. The maximum absolute atomic E-state index is 12.9. The van der Waals surface area contributed by atoms with Crippen LogP contribution in [0.2, 0.25) is 0 Å². The van der Waals surface area contributed by atoms with Gasteiger partial charge in [0, 0.05) is 13.6 Å². The number of para-hydroxylation sites is 1. The normalized spacial score (nSPS) is 12.4. The van der Waals surface area contributed by atoms with Gasteiger partial charge in [-0.25, -0.2) is 0 Å². The highest BCUT2D eigenvalue weighted by Gasteiger charge is 2.35. The monoisotopic (exact) mass is 332 g/mol. The van der Waals surface area contributed by atoms with Crippen molar-refractivity contribution in [2.45, 2.75) is 26.1 Å². The van der Waals surface area contributed by atoms with Crippen molar-refractivity contribution in [3.05, 3.63) is 29.8 Å². The van der Waals surface area contributed by atoms with Gasteiger partial charge in [-0.2, -0.15) is 13.2 Å². The molecule has 0 heterocycles. The molecule has 0 saturated heterocycles. The number of carbonyl (C=O) groups excluding carboxylic acids is 2. The molecule has 0 aromatic heterocycles. The molecule has 0 fully saturated rings. The zero-order valence-corrected chi connectivity index (χ0v) is 13.1. The molecule has 5 nitrogen and oxygen atoms in total. The second-order valence-corrected chi connectivity index (χ2v) is 4.78. The number of alkyl halides is 3. The summed E-state index contributed by atoms with van der Waals surface area (Å²) in [6.45, 7) is 3.07. The zero-order valence-electron chi connectivity index (χ0n) is 13.1. The first-order valence-electron chi connectivity index (χ1n) is 7.03. The zero-order chi connectivity index (χ0) is 17.6. The minimum Gasteiger partial charge on any atom is -0.480 e. The first-order valence-corrected chi connectivity index (χ1v) is 7.03. The Kier molecular flexibility index (Phi) is 6.41. The third kappa shape index (κ3) is 5.15. The number of hydrogen-bond acceptors (Lipinski definition) is 3. The van der Waals surface area contributed by atoms with Gasteiger partial charge >= 0.3 is 6.18 Å². The Labute approximate surface area is 132 Å². The van der Waals surface area contributed by atoms with Crippen molar-refractivity contribution in [3.63, 3.8) is 0 Å². The fraction of sp³-hybridized carbons (Fsp3) is 0.467. The van der Waals surface area contributed by atoms with E-state index in [-0.39, 0.29) is 19.0 Å². The smallest absolute Gasteiger partial charge is 0.419 e. The number of amides is 2. The molecule has 1 rings (SSSR count). The van der Waals surface area contributed by atoms with E-state index in [1.807, 2.05) is 0 Å². The van der Waals surface area contributed by atoms with Crippen molar-refractivity contribution < 1.29 is 27.5 Å². The SMILES string of the molecule is CCN(CC(=O)NC)C(=O)[C@H](C)Oc1ccccc1C(F)(F)F. The Morgan fingerprint density at radius 1 is 1.30 bits per heavy atom. The highest BCUT2D eigenvalue weighted by molar-refractivity contribution is 5.86. The first kappa shape index (κ1) is 18.8. The van der Waals surface area contributed by atoms with Crippen LogP contribution in [0.3, 0.4) is 0 Å². The summed E-state index contributed by atoms with van der Waals surface area (Å²) in [7, 11) is 1.43. The molecule has 1 aromatic rings. The average molecular weight is 332 g/mol. The minimum absolute atomic E-state index is 0.180. The summed E-state index contributed by atoms with van der Waals surface area (Å²) in [6.07, 6.45) is -5.73. The van der Waals surface area contributed by atoms with Crippen LogP contribution in [0, 0.1) is 0 Å². The molecule has 0 aliphatic carbocycles. The van der Waals surface area contributed by atoms with Crippen LogP contribution in [0.4, 0.5) is 13.2 Å². The fourth-order valence-corrected chi connectivity index (χ4v) is 1.90. The average Bonchev–Trinajstić information content (AvgIpc) is 2.51. The summed E-state index contributed by atoms with van der Waals surface area (Å²) in [4.78, 5) is 24.8. The van der Waals surface area contributed by atoms with Crippen LogP contribution in [0.5, 0.6) is 5.75 Å². The molecular weight excluding hydrogens is 313 g/mol. The maximum atomic E-state index is 12.9. The molecular formula is C15H19F3N2O3. The van der Waals surface area contributed by atoms with Gasteiger partial charge < -0.3 is 15.0 Å². The lowest BCUT2D eigenvalue weighted by atomic mass is 10.2. The molecule has 128 valence electrons. The van der Waals surface area contributed by atoms with Crippen LogP contribution in [-0.2, 0) is 15.8 Å². The number of ether oxygens (including phenoxy) is 1. The summed E-state index contributed by atoms with van der Waals surface area (Å²) in [5.74, 6) is -1.35. The Bertz CT molecular complexity index is 561. The minimum atomic E-state index is -4.58. The van der Waals surface area contributed by atoms with E-state index in [1.165, 1.54) is 31.0 Å². The molecule has 0 aliphatic heterocycles. The number of likely N-dealkylation sites (N-methyl/N-ethyl adjacent to an activating group) is 2. The number of rotatable bonds is 6. The number of carbonyl (C=O) groups is 2. The molecule has 1 atom stereocenters. The molecule has 1 N–H and O–H groups in total. The summed E-state index contributed by atoms with van der Waals surface area (Å²) in [6, 6.07) is 4.67. The van der Waals surface area contributed by atoms with E-state index in [4.69, 9.17) is 4.74 Å². The van der Waals surface area contributed by atoms with E-state index in [0.717, 1.165) is 12.1 Å². The summed E-state index contributed by atoms with van der Waals surface area (Å²) in [5, 5.41) is 2.38. The van der Waals surface area contributed by atoms with E-state index in [1.54, 1.807) is 6.92 Å². The topological polar surface area (TPSA) is 58.6 Å². The summed E-state index contributed by atoms with van der Waals surface area (Å²) < 4.78 is 43.9. The molecule has 2 amide bonds. The van der Waals surface area contributed by atoms with Crippen LogP contribution in [0.15, 0.2) is 24.3 Å². The van der Waals surface area contributed by atoms with Crippen LogP contribution in [-0.4, -0.2) is 43.0 Å². The van der Waals surface area contributed by atoms with Crippen LogP contribution < -0.4 is 10.1 Å². The number of nitrogens with one attached hydrogen (secondary N) is 1. The van der Waals surface area contributed by atoms with Gasteiger partial charge in [-0.15, -0.1) is 0 Å². The third-order valence-electron chi connectivity index (χ3n) is 3.15. The van der Waals surface area contributed by atoms with Gasteiger partial charge in [-0.3, -0.25) is 9.59 Å². The highest BCUT2D eigenvalue weighted by Crippen LogP contribution is 2.36. The number of hydrogen-bond donors (Lipinski definition) is 1. The standard InChI is InChI=1S/C15H19F3N2O3/c1-4-20(9-13(21)19-3)14(22)10(2)23-12-8-6-5-7-11(12)15(16,17)18/h5-8,10H,4,9H2,1-3H3,(H,19,21)/t10-/m0/s1. The second kappa shape index (κ2) is 7.85. The Morgan fingerprint density at radius 3 is 2.43 bits per heavy atom. The van der Waals surface area contributed by atoms with Crippen LogP contribution >= 0.6 is 0 Å². The predicted octanol–water partition coefficient (Wildman–Crippen LogP) is 2.07. The van der Waals surface area contributed by atoms with Gasteiger partial charge in [0.15, 0.2) is 6.10 Å². The van der Waals surface area contributed by atoms with E-state index in [2.05, 4.69) is 5.32 Å². The molecule has 23 heavy (non-hydrogen) atoms. The number of benzene rings is 1. The molecule has 0 unspecified atom stereocenters. The lowest BCUT2D eigenvalue weighted by Crippen LogP contribution is -2.45. The van der Waals surface area contributed by atoms with Gasteiger partial charge in [-0.05, 0) is 26.0 Å². The van der Waals surface area contributed by atoms with Gasteiger partial charge in [0.2, 0.25) is 5.91 Å². The quantitative estimate of drug-likeness (QED) is 0.868. The van der Waals surface area contributed by atoms with E-state index in [0.29, 0.717) is 0 Å². The Morgan fingerprint density at radius 2 is 1.91 bits per heavy atom. The number of halogens is 3. The largest absolute Gasteiger partial charge is 0.480 e. The first-order chi connectivity index (χ1) is 10.7. The van der Waals surface area contributed by atoms with Gasteiger partial charge in [0.1, 0.15) is 5.75 Å². The van der Waals surface area contributed by atoms with Crippen molar-refractivity contribution in [1.82, 2.24) is 10.2 Å². The lowest BCUT2D eigenvalue weighted by Gasteiger charge is -2.25. The molecule has 8 heteroatoms. The molecule has 0 saturated carbocycles. The van der Waals surface area contributed by atoms with Crippen molar-refractivity contribution in [2.24, 2.45) is 0 Å². The van der Waals surface area contributed by atoms with E-state index < -0.39 is 29.5 Å². The van der Waals surface area contributed by atoms with Crippen LogP contribution in [0.1, 0.15) is 19.4 Å². The Hall–Kier alpha value is -2.25. The summed E-state index contributed by atoms with van der Waals surface area (Å²) >= 11 is 0. The van der Waals surface area contributed by atoms with Gasteiger partial charge in [-0.1, -0.05) is 12.1 Å². The van der Waals surface area contributed by atoms with Crippen LogP contribution in [0.25, 0.3) is 0 Å². The van der Waals surface area contributed by atoms with E-state index >= 15 is 0 Å². The number of nitrogens with zero attached hydrogens (tertiary/aromatic N) is 1. The van der Waals surface area contributed by atoms with Crippen molar-refractivity contribution >= 4 is 11.8 Å². The molecule has 0 radical (unpaired) electrons. The summed E-state index contributed by atoms with van der Waals surface area (Å²) in [5.41, 5.74) is -0.950. The molecule has 0 spiro atoms. The van der Waals surface area contributed by atoms with Crippen molar-refractivity contribution in [3.8, 4) is 5.75 Å². The molecule has 0 bridgehead atoms. The highest BCUT2D eigenvalue weighted by atomic mass is 19.4.